The van der Waals surface area contributed by atoms with Crippen molar-refractivity contribution in [2.45, 2.75) is 26.7 Å². The van der Waals surface area contributed by atoms with Crippen LogP contribution in [0.5, 0.6) is 0 Å². The average Bonchev–Trinajstić information content (AvgIpc) is 2.68. The summed E-state index contributed by atoms with van der Waals surface area (Å²) in [5, 5.41) is 4.66. The summed E-state index contributed by atoms with van der Waals surface area (Å²) >= 11 is 7.51. The number of thiazole rings is 1. The van der Waals surface area contributed by atoms with Gasteiger partial charge < -0.3 is 5.32 Å². The van der Waals surface area contributed by atoms with E-state index in [-0.39, 0.29) is 5.91 Å². The second-order valence-electron chi connectivity index (χ2n) is 4.65. The summed E-state index contributed by atoms with van der Waals surface area (Å²) < 4.78 is 0. The number of hydrogen-bond donors (Lipinski definition) is 1. The number of aromatic nitrogens is 1. The fourth-order valence-electron chi connectivity index (χ4n) is 1.98. The topological polar surface area (TPSA) is 42.0 Å². The number of benzene rings is 1. The van der Waals surface area contributed by atoms with E-state index in [2.05, 4.69) is 10.3 Å². The second kappa shape index (κ2) is 6.86. The zero-order valence-corrected chi connectivity index (χ0v) is 13.1. The summed E-state index contributed by atoms with van der Waals surface area (Å²) in [7, 11) is 0. The average molecular weight is 309 g/mol. The predicted octanol–water partition coefficient (Wildman–Crippen LogP) is 3.31. The molecule has 1 heterocycles. The van der Waals surface area contributed by atoms with E-state index in [4.69, 9.17) is 11.6 Å². The van der Waals surface area contributed by atoms with Crippen LogP contribution in [0.3, 0.4) is 0 Å². The molecule has 0 fully saturated rings. The lowest BCUT2D eigenvalue weighted by Gasteiger charge is -2.05. The first-order valence-corrected chi connectivity index (χ1v) is 7.68. The number of nitrogens with one attached hydrogen (secondary N) is 1. The van der Waals surface area contributed by atoms with E-state index in [9.17, 15) is 4.79 Å². The minimum Gasteiger partial charge on any atom is -0.355 e. The number of rotatable bonds is 5. The van der Waals surface area contributed by atoms with Gasteiger partial charge in [-0.15, -0.1) is 11.3 Å². The van der Waals surface area contributed by atoms with Crippen molar-refractivity contribution in [3.63, 3.8) is 0 Å². The molecule has 1 aromatic carbocycles. The quantitative estimate of drug-likeness (QED) is 0.920. The lowest BCUT2D eigenvalue weighted by atomic mass is 10.1. The minimum absolute atomic E-state index is 0.0405. The molecule has 106 valence electrons. The third-order valence-corrected chi connectivity index (χ3v) is 4.25. The summed E-state index contributed by atoms with van der Waals surface area (Å²) in [4.78, 5) is 17.2. The third-order valence-electron chi connectivity index (χ3n) is 2.95. The van der Waals surface area contributed by atoms with Crippen LogP contribution >= 0.6 is 22.9 Å². The lowest BCUT2D eigenvalue weighted by Crippen LogP contribution is -2.27. The van der Waals surface area contributed by atoms with Gasteiger partial charge in [-0.1, -0.05) is 23.7 Å². The van der Waals surface area contributed by atoms with Crippen LogP contribution < -0.4 is 5.32 Å². The smallest absolute Gasteiger partial charge is 0.225 e. The first kappa shape index (κ1) is 15.0. The van der Waals surface area contributed by atoms with Gasteiger partial charge in [0.05, 0.1) is 17.1 Å². The van der Waals surface area contributed by atoms with Gasteiger partial charge in [0.15, 0.2) is 0 Å². The molecular formula is C15H17ClN2OS. The zero-order chi connectivity index (χ0) is 14.5. The summed E-state index contributed by atoms with van der Waals surface area (Å²) in [5.74, 6) is 0.0405. The van der Waals surface area contributed by atoms with Crippen molar-refractivity contribution >= 4 is 28.8 Å². The molecule has 0 aliphatic carbocycles. The Bertz CT molecular complexity index is 610. The maximum Gasteiger partial charge on any atom is 0.225 e. The molecule has 0 aliphatic heterocycles. The Morgan fingerprint density at radius 2 is 2.20 bits per heavy atom. The molecule has 0 atom stereocenters. The molecule has 0 aliphatic rings. The highest BCUT2D eigenvalue weighted by atomic mass is 35.5. The van der Waals surface area contributed by atoms with E-state index >= 15 is 0 Å². The van der Waals surface area contributed by atoms with Crippen molar-refractivity contribution in [3.05, 3.63) is 50.4 Å². The highest BCUT2D eigenvalue weighted by Gasteiger charge is 2.09. The monoisotopic (exact) mass is 308 g/mol. The van der Waals surface area contributed by atoms with Crippen molar-refractivity contribution in [3.8, 4) is 0 Å². The molecule has 1 amide bonds. The van der Waals surface area contributed by atoms with Crippen molar-refractivity contribution in [1.29, 1.82) is 0 Å². The fraction of sp³-hybridized carbons (Fsp3) is 0.333. The fourth-order valence-corrected chi connectivity index (χ4v) is 3.13. The summed E-state index contributed by atoms with van der Waals surface area (Å²) in [6.07, 6.45) is 1.19. The number of halogens is 1. The Morgan fingerprint density at radius 3 is 2.85 bits per heavy atom. The molecule has 20 heavy (non-hydrogen) atoms. The van der Waals surface area contributed by atoms with Crippen molar-refractivity contribution in [1.82, 2.24) is 10.3 Å². The van der Waals surface area contributed by atoms with Gasteiger partial charge in [0.25, 0.3) is 0 Å². The molecule has 0 saturated carbocycles. The van der Waals surface area contributed by atoms with Gasteiger partial charge in [0.1, 0.15) is 0 Å². The van der Waals surface area contributed by atoms with Crippen LogP contribution in [-0.4, -0.2) is 17.4 Å². The molecular weight excluding hydrogens is 292 g/mol. The third kappa shape index (κ3) is 4.32. The number of carbonyl (C=O) groups is 1. The van der Waals surface area contributed by atoms with Gasteiger partial charge in [-0.25, -0.2) is 4.98 Å². The van der Waals surface area contributed by atoms with E-state index in [1.807, 2.05) is 38.1 Å². The first-order chi connectivity index (χ1) is 9.54. The van der Waals surface area contributed by atoms with E-state index in [0.29, 0.717) is 13.0 Å². The number of aryl methyl sites for hydroxylation is 2. The van der Waals surface area contributed by atoms with Crippen LogP contribution in [0.15, 0.2) is 24.3 Å². The zero-order valence-electron chi connectivity index (χ0n) is 11.6. The molecule has 0 radical (unpaired) electrons. The van der Waals surface area contributed by atoms with Gasteiger partial charge in [0.2, 0.25) is 5.91 Å². The van der Waals surface area contributed by atoms with Gasteiger partial charge in [0, 0.05) is 16.4 Å². The molecule has 1 aromatic heterocycles. The molecule has 1 N–H and O–H groups in total. The van der Waals surface area contributed by atoms with E-state index in [1.54, 1.807) is 11.3 Å². The predicted molar refractivity (Wildman–Crippen MR) is 83.5 cm³/mol. The van der Waals surface area contributed by atoms with Crippen molar-refractivity contribution in [2.75, 3.05) is 6.54 Å². The Morgan fingerprint density at radius 1 is 1.40 bits per heavy atom. The number of nitrogens with zero attached hydrogens (tertiary/aromatic N) is 1. The maximum absolute atomic E-state index is 11.9. The Kier molecular flexibility index (Phi) is 5.15. The summed E-state index contributed by atoms with van der Waals surface area (Å²) in [6.45, 7) is 4.52. The maximum atomic E-state index is 11.9. The van der Waals surface area contributed by atoms with Crippen LogP contribution in [0.1, 0.15) is 21.1 Å². The van der Waals surface area contributed by atoms with Gasteiger partial charge in [-0.3, -0.25) is 4.79 Å². The molecule has 2 aromatic rings. The molecule has 0 saturated heterocycles. The van der Waals surface area contributed by atoms with Crippen LogP contribution in [0, 0.1) is 13.8 Å². The van der Waals surface area contributed by atoms with Gasteiger partial charge in [-0.2, -0.15) is 0 Å². The van der Waals surface area contributed by atoms with Crippen LogP contribution in [-0.2, 0) is 17.6 Å². The van der Waals surface area contributed by atoms with Gasteiger partial charge in [-0.05, 0) is 38.0 Å². The molecule has 0 unspecified atom stereocenters. The number of amides is 1. The van der Waals surface area contributed by atoms with Crippen molar-refractivity contribution in [2.24, 2.45) is 0 Å². The van der Waals surface area contributed by atoms with Crippen LogP contribution in [0.4, 0.5) is 0 Å². The lowest BCUT2D eigenvalue weighted by molar-refractivity contribution is -0.120. The standard InChI is InChI=1S/C15H17ClN2OS/c1-10-14(20-11(2)18-10)9-15(19)17-7-6-12-4-3-5-13(16)8-12/h3-5,8H,6-7,9H2,1-2H3,(H,17,19). The SMILES string of the molecule is Cc1nc(C)c(CC(=O)NCCc2cccc(Cl)c2)s1. The van der Waals surface area contributed by atoms with Crippen LogP contribution in [0.2, 0.25) is 5.02 Å². The van der Waals surface area contributed by atoms with E-state index in [1.165, 1.54) is 0 Å². The first-order valence-electron chi connectivity index (χ1n) is 6.48. The van der Waals surface area contributed by atoms with Crippen molar-refractivity contribution < 1.29 is 4.79 Å². The normalized spacial score (nSPS) is 10.6. The Balaban J connectivity index is 1.79. The minimum atomic E-state index is 0.0405. The molecule has 0 bridgehead atoms. The number of hydrogen-bond acceptors (Lipinski definition) is 3. The molecule has 5 heteroatoms. The van der Waals surface area contributed by atoms with Gasteiger partial charge >= 0.3 is 0 Å². The molecule has 0 spiro atoms. The highest BCUT2D eigenvalue weighted by molar-refractivity contribution is 7.11. The molecule has 2 rings (SSSR count). The van der Waals surface area contributed by atoms with E-state index in [0.717, 1.165) is 32.6 Å². The Labute approximate surface area is 128 Å². The second-order valence-corrected chi connectivity index (χ2v) is 6.37. The Hall–Kier alpha value is -1.39. The van der Waals surface area contributed by atoms with Crippen LogP contribution in [0.25, 0.3) is 0 Å². The summed E-state index contributed by atoms with van der Waals surface area (Å²) in [6, 6.07) is 7.70. The van der Waals surface area contributed by atoms with E-state index < -0.39 is 0 Å². The summed E-state index contributed by atoms with van der Waals surface area (Å²) in [5.41, 5.74) is 2.08. The molecule has 3 nitrogen and oxygen atoms in total. The highest BCUT2D eigenvalue weighted by Crippen LogP contribution is 2.17. The number of carbonyl (C=O) groups excluding carboxylic acids is 1. The largest absolute Gasteiger partial charge is 0.355 e.